The summed E-state index contributed by atoms with van der Waals surface area (Å²) in [4.78, 5) is 17.1. The first-order chi connectivity index (χ1) is 14.6. The van der Waals surface area contributed by atoms with Gasteiger partial charge in [0.25, 0.3) is 0 Å². The summed E-state index contributed by atoms with van der Waals surface area (Å²) in [6.07, 6.45) is 0.630. The molecule has 0 bridgehead atoms. The zero-order valence-corrected chi connectivity index (χ0v) is 19.8. The molecule has 0 fully saturated rings. The van der Waals surface area contributed by atoms with Crippen LogP contribution in [-0.4, -0.2) is 11.5 Å². The van der Waals surface area contributed by atoms with Crippen molar-refractivity contribution in [2.75, 3.05) is 5.75 Å². The molecular formula is C25H18OS4. The summed E-state index contributed by atoms with van der Waals surface area (Å²) in [5, 5.41) is 2.57. The fourth-order valence-electron chi connectivity index (χ4n) is 4.47. The van der Waals surface area contributed by atoms with Crippen molar-refractivity contribution < 1.29 is 4.79 Å². The summed E-state index contributed by atoms with van der Waals surface area (Å²) in [5.41, 5.74) is 4.71. The van der Waals surface area contributed by atoms with Gasteiger partial charge in [-0.2, -0.15) is 0 Å². The van der Waals surface area contributed by atoms with E-state index in [0.29, 0.717) is 12.2 Å². The van der Waals surface area contributed by atoms with Crippen molar-refractivity contribution in [2.45, 2.75) is 24.5 Å². The Bertz CT molecular complexity index is 1460. The highest BCUT2D eigenvalue weighted by atomic mass is 32.2. The van der Waals surface area contributed by atoms with Crippen molar-refractivity contribution in [3.05, 3.63) is 63.8 Å². The Hall–Kier alpha value is -1.92. The minimum Gasteiger partial charge on any atom is -0.294 e. The molecule has 3 aromatic heterocycles. The van der Waals surface area contributed by atoms with Gasteiger partial charge in [0, 0.05) is 63.7 Å². The number of thiophene rings is 3. The van der Waals surface area contributed by atoms with Gasteiger partial charge in [0.05, 0.1) is 9.77 Å². The number of aryl methyl sites for hydroxylation is 2. The minimum absolute atomic E-state index is 0.299. The molecule has 5 heteroatoms. The smallest absolute Gasteiger partial charge is 0.166 e. The van der Waals surface area contributed by atoms with Gasteiger partial charge in [-0.05, 0) is 26.0 Å². The molecule has 0 unspecified atom stereocenters. The summed E-state index contributed by atoms with van der Waals surface area (Å²) in [6.45, 7) is 4.42. The number of hydrogen-bond donors (Lipinski definition) is 0. The van der Waals surface area contributed by atoms with Gasteiger partial charge in [-0.1, -0.05) is 36.4 Å². The van der Waals surface area contributed by atoms with Crippen LogP contribution in [0.5, 0.6) is 0 Å². The third-order valence-electron chi connectivity index (χ3n) is 5.74. The van der Waals surface area contributed by atoms with E-state index in [4.69, 9.17) is 0 Å². The molecule has 30 heavy (non-hydrogen) atoms. The van der Waals surface area contributed by atoms with E-state index in [1.165, 1.54) is 55.7 Å². The number of Topliss-reactive ketones (excluding diaryl/α,β-unsaturated/α-hetero) is 1. The Morgan fingerprint density at radius 3 is 2.00 bits per heavy atom. The number of carbonyl (C=O) groups is 1. The Morgan fingerprint density at radius 1 is 0.700 bits per heavy atom. The van der Waals surface area contributed by atoms with Crippen molar-refractivity contribution in [2.24, 2.45) is 0 Å². The van der Waals surface area contributed by atoms with E-state index in [0.717, 1.165) is 11.3 Å². The SMILES string of the molecule is Cc1sc2ccccc2c1-c1sc2c(c1-c1c(C)sc3ccccc13)C(=O)CCS2. The van der Waals surface area contributed by atoms with Crippen molar-refractivity contribution in [1.82, 2.24) is 0 Å². The Kier molecular flexibility index (Phi) is 4.43. The molecule has 0 spiro atoms. The summed E-state index contributed by atoms with van der Waals surface area (Å²) in [6, 6.07) is 17.3. The van der Waals surface area contributed by atoms with Gasteiger partial charge in [0.1, 0.15) is 0 Å². The zero-order valence-electron chi connectivity index (χ0n) is 16.6. The number of benzene rings is 2. The van der Waals surface area contributed by atoms with Gasteiger partial charge in [0.2, 0.25) is 0 Å². The molecular weight excluding hydrogens is 445 g/mol. The molecule has 148 valence electrons. The van der Waals surface area contributed by atoms with E-state index in [1.54, 1.807) is 0 Å². The highest BCUT2D eigenvalue weighted by molar-refractivity contribution is 8.01. The van der Waals surface area contributed by atoms with Crippen LogP contribution in [0.15, 0.2) is 52.7 Å². The summed E-state index contributed by atoms with van der Waals surface area (Å²) in [5.74, 6) is 1.19. The average Bonchev–Trinajstić information content (AvgIpc) is 3.37. The lowest BCUT2D eigenvalue weighted by Crippen LogP contribution is -2.07. The second-order valence-electron chi connectivity index (χ2n) is 7.55. The summed E-state index contributed by atoms with van der Waals surface area (Å²) in [7, 11) is 0. The molecule has 2 aromatic carbocycles. The molecule has 0 radical (unpaired) electrons. The molecule has 1 aliphatic rings. The third kappa shape index (κ3) is 2.69. The normalized spacial score (nSPS) is 14.0. The van der Waals surface area contributed by atoms with Crippen LogP contribution in [-0.2, 0) is 0 Å². The zero-order chi connectivity index (χ0) is 20.4. The first-order valence-corrected chi connectivity index (χ1v) is 13.4. The van der Waals surface area contributed by atoms with E-state index in [9.17, 15) is 4.79 Å². The predicted octanol–water partition coefficient (Wildman–Crippen LogP) is 8.81. The number of ketones is 1. The van der Waals surface area contributed by atoms with Crippen LogP contribution < -0.4 is 0 Å². The monoisotopic (exact) mass is 462 g/mol. The number of rotatable bonds is 2. The van der Waals surface area contributed by atoms with Crippen molar-refractivity contribution in [1.29, 1.82) is 0 Å². The highest BCUT2D eigenvalue weighted by Crippen LogP contribution is 2.55. The maximum Gasteiger partial charge on any atom is 0.166 e. The van der Waals surface area contributed by atoms with Crippen molar-refractivity contribution in [3.63, 3.8) is 0 Å². The first-order valence-electron chi connectivity index (χ1n) is 9.93. The summed E-state index contributed by atoms with van der Waals surface area (Å²) >= 11 is 7.35. The number of hydrogen-bond acceptors (Lipinski definition) is 5. The second-order valence-corrected chi connectivity index (χ2v) is 12.4. The van der Waals surface area contributed by atoms with Crippen LogP contribution in [0.1, 0.15) is 26.5 Å². The largest absolute Gasteiger partial charge is 0.294 e. The Balaban J connectivity index is 1.77. The molecule has 0 amide bonds. The van der Waals surface area contributed by atoms with Gasteiger partial charge < -0.3 is 0 Å². The van der Waals surface area contributed by atoms with E-state index >= 15 is 0 Å². The predicted molar refractivity (Wildman–Crippen MR) is 135 cm³/mol. The topological polar surface area (TPSA) is 17.1 Å². The molecule has 0 N–H and O–H groups in total. The molecule has 4 heterocycles. The van der Waals surface area contributed by atoms with E-state index in [-0.39, 0.29) is 0 Å². The van der Waals surface area contributed by atoms with Crippen molar-refractivity contribution >= 4 is 71.7 Å². The number of fused-ring (bicyclic) bond motifs is 3. The van der Waals surface area contributed by atoms with Crippen LogP contribution in [0, 0.1) is 13.8 Å². The summed E-state index contributed by atoms with van der Waals surface area (Å²) < 4.78 is 3.80. The van der Waals surface area contributed by atoms with Gasteiger partial charge >= 0.3 is 0 Å². The molecule has 0 saturated heterocycles. The van der Waals surface area contributed by atoms with E-state index in [1.807, 2.05) is 45.8 Å². The van der Waals surface area contributed by atoms with Crippen LogP contribution in [0.2, 0.25) is 0 Å². The Labute approximate surface area is 191 Å². The van der Waals surface area contributed by atoms with Crippen LogP contribution in [0.4, 0.5) is 0 Å². The third-order valence-corrected chi connectivity index (χ3v) is 10.4. The molecule has 0 saturated carbocycles. The van der Waals surface area contributed by atoms with Gasteiger partial charge in [-0.3, -0.25) is 4.79 Å². The molecule has 0 atom stereocenters. The fourth-order valence-corrected chi connectivity index (χ4v) is 9.42. The molecule has 0 aliphatic carbocycles. The standard InChI is InChI=1S/C25H18OS4/c1-13-20(15-7-3-5-9-18(15)28-13)23-22-17(26)11-12-27-25(22)30-24(23)21-14(2)29-19-10-6-4-8-16(19)21/h3-10H,11-12H2,1-2H3. The molecule has 1 nitrogen and oxygen atoms in total. The highest BCUT2D eigenvalue weighted by Gasteiger charge is 2.32. The van der Waals surface area contributed by atoms with Crippen LogP contribution in [0.3, 0.4) is 0 Å². The van der Waals surface area contributed by atoms with Gasteiger partial charge in [0.15, 0.2) is 5.78 Å². The minimum atomic E-state index is 0.299. The lowest BCUT2D eigenvalue weighted by Gasteiger charge is -2.13. The molecule has 5 aromatic rings. The first kappa shape index (κ1) is 18.8. The van der Waals surface area contributed by atoms with Gasteiger partial charge in [-0.15, -0.1) is 45.8 Å². The van der Waals surface area contributed by atoms with E-state index in [2.05, 4.69) is 62.4 Å². The van der Waals surface area contributed by atoms with Gasteiger partial charge in [-0.25, -0.2) is 0 Å². The number of carbonyl (C=O) groups excluding carboxylic acids is 1. The molecule has 1 aliphatic heterocycles. The average molecular weight is 463 g/mol. The Morgan fingerprint density at radius 2 is 1.30 bits per heavy atom. The maximum atomic E-state index is 13.2. The maximum absolute atomic E-state index is 13.2. The number of thioether (sulfide) groups is 1. The fraction of sp³-hybridized carbons (Fsp3) is 0.160. The second kappa shape index (κ2) is 7.06. The van der Waals surface area contributed by atoms with E-state index < -0.39 is 0 Å². The lowest BCUT2D eigenvalue weighted by molar-refractivity contribution is 0.0986. The molecule has 6 rings (SSSR count). The van der Waals surface area contributed by atoms with Crippen LogP contribution >= 0.6 is 45.8 Å². The van der Waals surface area contributed by atoms with Crippen molar-refractivity contribution in [3.8, 4) is 21.6 Å². The lowest BCUT2D eigenvalue weighted by atomic mass is 9.93. The van der Waals surface area contributed by atoms with Crippen LogP contribution in [0.25, 0.3) is 41.7 Å². The quantitative estimate of drug-likeness (QED) is 0.261.